The van der Waals surface area contributed by atoms with Crippen molar-refractivity contribution >= 4 is 16.0 Å². The van der Waals surface area contributed by atoms with Crippen LogP contribution in [0.4, 0.5) is 0 Å². The molecule has 0 aliphatic rings. The molecule has 0 fully saturated rings. The monoisotopic (exact) mass is 308 g/mol. The average Bonchev–Trinajstić information content (AvgIpc) is 2.25. The molecule has 1 amide bonds. The Labute approximate surface area is 120 Å². The summed E-state index contributed by atoms with van der Waals surface area (Å²) in [6, 6.07) is -0.0994. The number of carbonyl (C=O) groups is 1. The van der Waals surface area contributed by atoms with Gasteiger partial charge in [0.25, 0.3) is 10.1 Å². The molecule has 0 aromatic heterocycles. The predicted octanol–water partition coefficient (Wildman–Crippen LogP) is -0.362. The first kappa shape index (κ1) is 19.0. The molecule has 0 rings (SSSR count). The molecule has 0 spiro atoms. The quantitative estimate of drug-likeness (QED) is 0.396. The van der Waals surface area contributed by atoms with E-state index in [0.717, 1.165) is 0 Å². The minimum absolute atomic E-state index is 0.0994. The lowest BCUT2D eigenvalue weighted by molar-refractivity contribution is -0.116. The molecule has 118 valence electrons. The number of nitrogens with one attached hydrogen (secondary N) is 1. The van der Waals surface area contributed by atoms with E-state index >= 15 is 0 Å². The van der Waals surface area contributed by atoms with Crippen molar-refractivity contribution in [3.05, 3.63) is 12.2 Å². The normalized spacial score (nSPS) is 15.5. The minimum Gasteiger partial charge on any atom is -0.392 e. The maximum absolute atomic E-state index is 11.2. The van der Waals surface area contributed by atoms with E-state index in [1.54, 1.807) is 27.1 Å². The fourth-order valence-corrected chi connectivity index (χ4v) is 2.41. The number of carbonyl (C=O) groups excluding carboxylic acids is 1. The maximum atomic E-state index is 11.2. The second-order valence-electron chi connectivity index (χ2n) is 4.84. The summed E-state index contributed by atoms with van der Waals surface area (Å²) in [5.74, 6) is -0.870. The highest BCUT2D eigenvalue weighted by molar-refractivity contribution is 7.85. The van der Waals surface area contributed by atoms with Crippen LogP contribution in [0.3, 0.4) is 0 Å². The molecule has 0 heterocycles. The summed E-state index contributed by atoms with van der Waals surface area (Å²) in [5, 5.41) is 12.3. The summed E-state index contributed by atoms with van der Waals surface area (Å²) in [6.07, 6.45) is 2.68. The third-order valence-corrected chi connectivity index (χ3v) is 3.58. The largest absolute Gasteiger partial charge is 0.392 e. The van der Waals surface area contributed by atoms with Gasteiger partial charge >= 0.3 is 0 Å². The topological polar surface area (TPSA) is 107 Å². The van der Waals surface area contributed by atoms with Gasteiger partial charge in [-0.3, -0.25) is 9.35 Å². The van der Waals surface area contributed by atoms with E-state index in [1.807, 2.05) is 4.90 Å². The zero-order valence-electron chi connectivity index (χ0n) is 12.1. The van der Waals surface area contributed by atoms with Crippen molar-refractivity contribution in [2.24, 2.45) is 0 Å². The van der Waals surface area contributed by atoms with Crippen LogP contribution in [-0.4, -0.2) is 67.4 Å². The molecule has 2 atom stereocenters. The van der Waals surface area contributed by atoms with Gasteiger partial charge in [0, 0.05) is 12.6 Å². The molecule has 0 radical (unpaired) electrons. The Morgan fingerprint density at radius 3 is 2.45 bits per heavy atom. The highest BCUT2D eigenvalue weighted by atomic mass is 32.2. The van der Waals surface area contributed by atoms with Crippen molar-refractivity contribution in [2.45, 2.75) is 31.9 Å². The lowest BCUT2D eigenvalue weighted by Crippen LogP contribution is -2.37. The fourth-order valence-electron chi connectivity index (χ4n) is 1.78. The first-order chi connectivity index (χ1) is 9.15. The van der Waals surface area contributed by atoms with Gasteiger partial charge in [-0.1, -0.05) is 6.08 Å². The van der Waals surface area contributed by atoms with Crippen LogP contribution in [0.5, 0.6) is 0 Å². The molecule has 0 aliphatic carbocycles. The number of amides is 1. The van der Waals surface area contributed by atoms with Crippen LogP contribution in [-0.2, 0) is 14.9 Å². The summed E-state index contributed by atoms with van der Waals surface area (Å²) in [4.78, 5) is 13.1. The minimum atomic E-state index is -4.18. The van der Waals surface area contributed by atoms with Gasteiger partial charge in [0.05, 0.1) is 6.10 Å². The zero-order chi connectivity index (χ0) is 15.8. The number of allylic oxidation sites excluding steroid dienone is 1. The van der Waals surface area contributed by atoms with Crippen LogP contribution in [0.15, 0.2) is 12.2 Å². The lowest BCUT2D eigenvalue weighted by atomic mass is 10.1. The third kappa shape index (κ3) is 9.90. The van der Waals surface area contributed by atoms with Gasteiger partial charge < -0.3 is 15.3 Å². The Bertz CT molecular complexity index is 420. The van der Waals surface area contributed by atoms with Crippen molar-refractivity contribution in [1.82, 2.24) is 10.2 Å². The van der Waals surface area contributed by atoms with Crippen molar-refractivity contribution < 1.29 is 22.9 Å². The van der Waals surface area contributed by atoms with Crippen molar-refractivity contribution in [3.63, 3.8) is 0 Å². The summed E-state index contributed by atoms with van der Waals surface area (Å²) in [6.45, 7) is 2.17. The van der Waals surface area contributed by atoms with Crippen molar-refractivity contribution in [1.29, 1.82) is 0 Å². The highest BCUT2D eigenvalue weighted by Gasteiger charge is 2.20. The Balaban J connectivity index is 4.27. The first-order valence-corrected chi connectivity index (χ1v) is 7.96. The summed E-state index contributed by atoms with van der Waals surface area (Å²) in [7, 11) is -0.575. The molecule has 0 aliphatic heterocycles. The molecule has 8 heteroatoms. The molecule has 7 nitrogen and oxygen atoms in total. The second-order valence-corrected chi connectivity index (χ2v) is 6.33. The lowest BCUT2D eigenvalue weighted by Gasteiger charge is -2.26. The first-order valence-electron chi connectivity index (χ1n) is 6.36. The Kier molecular flexibility index (Phi) is 8.63. The van der Waals surface area contributed by atoms with Crippen LogP contribution in [0.2, 0.25) is 0 Å². The van der Waals surface area contributed by atoms with Crippen LogP contribution < -0.4 is 5.32 Å². The van der Waals surface area contributed by atoms with Gasteiger partial charge in [-0.2, -0.15) is 8.42 Å². The number of aliphatic hydroxyl groups excluding tert-OH is 1. The summed E-state index contributed by atoms with van der Waals surface area (Å²) >= 11 is 0. The molecule has 0 aromatic carbocycles. The molecule has 0 aromatic rings. The Morgan fingerprint density at radius 1 is 1.40 bits per heavy atom. The van der Waals surface area contributed by atoms with Crippen molar-refractivity contribution in [2.75, 3.05) is 26.4 Å². The molecule has 2 unspecified atom stereocenters. The standard InChI is InChI=1S/C12H24N2O5S/c1-4-5-12(16)13-7-6-10(14(2)3)8-11(15)9-20(17,18)19/h4-5,10-11,15H,6-9H2,1-3H3,(H,13,16)(H,17,18,19). The molecule has 20 heavy (non-hydrogen) atoms. The number of nitrogens with zero attached hydrogens (tertiary/aromatic N) is 1. The van der Waals surface area contributed by atoms with E-state index < -0.39 is 22.0 Å². The van der Waals surface area contributed by atoms with E-state index in [4.69, 9.17) is 4.55 Å². The predicted molar refractivity (Wildman–Crippen MR) is 77.0 cm³/mol. The van der Waals surface area contributed by atoms with E-state index in [9.17, 15) is 18.3 Å². The van der Waals surface area contributed by atoms with Gasteiger partial charge in [-0.05, 0) is 39.9 Å². The van der Waals surface area contributed by atoms with Crippen molar-refractivity contribution in [3.8, 4) is 0 Å². The van der Waals surface area contributed by atoms with Gasteiger partial charge in [0.15, 0.2) is 0 Å². The molecule has 0 bridgehead atoms. The van der Waals surface area contributed by atoms with E-state index in [-0.39, 0.29) is 18.4 Å². The Hall–Kier alpha value is -0.960. The number of aliphatic hydroxyl groups is 1. The van der Waals surface area contributed by atoms with Gasteiger partial charge in [-0.15, -0.1) is 0 Å². The van der Waals surface area contributed by atoms with Gasteiger partial charge in [-0.25, -0.2) is 0 Å². The molecule has 0 saturated heterocycles. The smallest absolute Gasteiger partial charge is 0.267 e. The van der Waals surface area contributed by atoms with Crippen LogP contribution in [0.25, 0.3) is 0 Å². The SMILES string of the molecule is CC=CC(=O)NCCC(CC(O)CS(=O)(=O)O)N(C)C. The maximum Gasteiger partial charge on any atom is 0.267 e. The van der Waals surface area contributed by atoms with Crippen LogP contribution in [0.1, 0.15) is 19.8 Å². The molecule has 0 saturated carbocycles. The van der Waals surface area contributed by atoms with E-state index in [2.05, 4.69) is 5.32 Å². The summed E-state index contributed by atoms with van der Waals surface area (Å²) in [5.41, 5.74) is 0. The number of hydrogen-bond acceptors (Lipinski definition) is 5. The zero-order valence-corrected chi connectivity index (χ0v) is 12.9. The second kappa shape index (κ2) is 9.06. The van der Waals surface area contributed by atoms with E-state index in [1.165, 1.54) is 6.08 Å². The highest BCUT2D eigenvalue weighted by Crippen LogP contribution is 2.09. The average molecular weight is 308 g/mol. The van der Waals surface area contributed by atoms with Crippen LogP contribution in [0, 0.1) is 0 Å². The number of rotatable bonds is 9. The van der Waals surface area contributed by atoms with E-state index in [0.29, 0.717) is 13.0 Å². The molecule has 3 N–H and O–H groups in total. The third-order valence-electron chi connectivity index (χ3n) is 2.77. The molecular weight excluding hydrogens is 284 g/mol. The van der Waals surface area contributed by atoms with Gasteiger partial charge in [0.1, 0.15) is 5.75 Å². The number of hydrogen-bond donors (Lipinski definition) is 3. The van der Waals surface area contributed by atoms with Crippen LogP contribution >= 0.6 is 0 Å². The van der Waals surface area contributed by atoms with Gasteiger partial charge in [0.2, 0.25) is 5.91 Å². The molecular formula is C12H24N2O5S. The summed E-state index contributed by atoms with van der Waals surface area (Å²) < 4.78 is 30.1. The fraction of sp³-hybridized carbons (Fsp3) is 0.750. The Morgan fingerprint density at radius 2 is 2.00 bits per heavy atom.